The van der Waals surface area contributed by atoms with Crippen molar-refractivity contribution in [3.05, 3.63) is 57.0 Å². The van der Waals surface area contributed by atoms with Crippen LogP contribution in [0.4, 0.5) is 10.9 Å². The molecular formula is C30H40IN7O5S. The van der Waals surface area contributed by atoms with Crippen LogP contribution < -0.4 is 45.1 Å². The summed E-state index contributed by atoms with van der Waals surface area (Å²) in [6.07, 6.45) is 5.53. The minimum absolute atomic E-state index is 0. The van der Waals surface area contributed by atoms with E-state index in [2.05, 4.69) is 15.6 Å². The number of anilines is 2. The number of halogens is 1. The molecule has 3 N–H and O–H groups in total. The summed E-state index contributed by atoms with van der Waals surface area (Å²) >= 11 is 1.34. The van der Waals surface area contributed by atoms with E-state index >= 15 is 0 Å². The Morgan fingerprint density at radius 3 is 2.57 bits per heavy atom. The van der Waals surface area contributed by atoms with E-state index in [1.807, 2.05) is 52.2 Å². The van der Waals surface area contributed by atoms with Crippen molar-refractivity contribution >= 4 is 51.8 Å². The summed E-state index contributed by atoms with van der Waals surface area (Å²) < 4.78 is 1.97. The third-order valence-electron chi connectivity index (χ3n) is 7.09. The van der Waals surface area contributed by atoms with Gasteiger partial charge in [0.1, 0.15) is 11.5 Å². The van der Waals surface area contributed by atoms with Crippen LogP contribution in [0.15, 0.2) is 34.6 Å². The maximum atomic E-state index is 13.6. The Kier molecular flexibility index (Phi) is 11.3. The molecule has 12 nitrogen and oxygen atoms in total. The number of thiazole rings is 1. The molecule has 1 aliphatic heterocycles. The molecule has 4 heterocycles. The van der Waals surface area contributed by atoms with Gasteiger partial charge >= 0.3 is 5.97 Å². The number of rotatable bonds is 9. The number of carbonyl (C=O) groups is 3. The van der Waals surface area contributed by atoms with E-state index < -0.39 is 17.4 Å². The number of hydrogen-bond donors (Lipinski definition) is 3. The molecule has 1 atom stereocenters. The molecule has 0 radical (unpaired) electrons. The van der Waals surface area contributed by atoms with Crippen molar-refractivity contribution < 1.29 is 47.9 Å². The minimum Gasteiger partial charge on any atom is -1.00 e. The van der Waals surface area contributed by atoms with Gasteiger partial charge in [-0.15, -0.1) is 11.3 Å². The maximum Gasteiger partial charge on any atom is 0.328 e. The lowest BCUT2D eigenvalue weighted by atomic mass is 9.93. The van der Waals surface area contributed by atoms with Crippen LogP contribution in [0.1, 0.15) is 61.6 Å². The number of hydrogen-bond acceptors (Lipinski definition) is 8. The number of pyridine rings is 1. The Balaban J connectivity index is 0.00000529. The highest BCUT2D eigenvalue weighted by Gasteiger charge is 2.26. The maximum absolute atomic E-state index is 13.6. The number of nitrogens with one attached hydrogen (secondary N) is 2. The SMILES string of the molecule is CC(C)(C)c1csc(NC(=O)c2ccn3c(=O)c(C=CC(=O)O)c(N4CCCC(NC(=O)CC[N+](C)(C)C)C4)nc3c2)n1.[I-]. The largest absolute Gasteiger partial charge is 1.00 e. The van der Waals surface area contributed by atoms with Gasteiger partial charge in [0.25, 0.3) is 11.5 Å². The molecular weight excluding hydrogens is 697 g/mol. The number of aliphatic carboxylic acids is 1. The standard InChI is InChI=1S/C30H39N7O5S.HI/c1-30(2,3)22-18-43-29(32-22)34-27(41)19-11-14-36-23(16-19)33-26(21(28(36)42)9-10-25(39)40)35-13-7-8-20(17-35)31-24(38)12-15-37(4,5)6;/h9-11,14,16,18,20H,7-8,12-13,15,17H2,1-6H3,(H2-,31,32,34,38,39,40,41);1H. The highest BCUT2D eigenvalue weighted by Crippen LogP contribution is 2.27. The summed E-state index contributed by atoms with van der Waals surface area (Å²) in [5, 5.41) is 17.6. The van der Waals surface area contributed by atoms with Gasteiger partial charge in [-0.05, 0) is 31.1 Å². The van der Waals surface area contributed by atoms with Crippen molar-refractivity contribution in [2.24, 2.45) is 0 Å². The normalized spacial score (nSPS) is 15.7. The molecule has 44 heavy (non-hydrogen) atoms. The zero-order valence-electron chi connectivity index (χ0n) is 25.9. The molecule has 4 rings (SSSR count). The number of nitrogens with zero attached hydrogens (tertiary/aromatic N) is 5. The van der Waals surface area contributed by atoms with Crippen LogP contribution in [-0.2, 0) is 15.0 Å². The topological polar surface area (TPSA) is 146 Å². The quantitative estimate of drug-likeness (QED) is 0.158. The van der Waals surface area contributed by atoms with Crippen molar-refractivity contribution in [2.75, 3.05) is 51.0 Å². The molecule has 2 amide bonds. The monoisotopic (exact) mass is 737 g/mol. The first-order chi connectivity index (χ1) is 20.1. The second kappa shape index (κ2) is 14.2. The van der Waals surface area contributed by atoms with Gasteiger partial charge in [0.15, 0.2) is 5.13 Å². The predicted molar refractivity (Wildman–Crippen MR) is 168 cm³/mol. The summed E-state index contributed by atoms with van der Waals surface area (Å²) in [5.41, 5.74) is 0.901. The van der Waals surface area contributed by atoms with Gasteiger partial charge in [-0.1, -0.05) is 20.8 Å². The van der Waals surface area contributed by atoms with Gasteiger partial charge in [-0.2, -0.15) is 0 Å². The van der Waals surface area contributed by atoms with E-state index in [-0.39, 0.29) is 52.6 Å². The molecule has 1 unspecified atom stereocenters. The van der Waals surface area contributed by atoms with E-state index in [9.17, 15) is 24.3 Å². The lowest BCUT2D eigenvalue weighted by molar-refractivity contribution is -0.869. The third kappa shape index (κ3) is 9.08. The average Bonchev–Trinajstić information content (AvgIpc) is 3.40. The van der Waals surface area contributed by atoms with Gasteiger partial charge in [-0.3, -0.25) is 24.1 Å². The van der Waals surface area contributed by atoms with E-state index in [4.69, 9.17) is 4.98 Å². The highest BCUT2D eigenvalue weighted by molar-refractivity contribution is 7.14. The fourth-order valence-corrected chi connectivity index (χ4v) is 5.62. The first kappa shape index (κ1) is 35.1. The van der Waals surface area contributed by atoms with E-state index in [0.717, 1.165) is 24.6 Å². The van der Waals surface area contributed by atoms with Gasteiger partial charge in [0.05, 0.1) is 45.4 Å². The van der Waals surface area contributed by atoms with Crippen molar-refractivity contribution in [2.45, 2.75) is 51.5 Å². The number of carboxylic acids is 1. The smallest absolute Gasteiger partial charge is 0.328 e. The van der Waals surface area contributed by atoms with Crippen LogP contribution in [0.2, 0.25) is 0 Å². The second-order valence-corrected chi connectivity index (χ2v) is 13.7. The fraction of sp³-hybridized carbons (Fsp3) is 0.467. The van der Waals surface area contributed by atoms with Gasteiger partial charge in [-0.25, -0.2) is 14.8 Å². The average molecular weight is 738 g/mol. The number of piperidine rings is 1. The lowest BCUT2D eigenvalue weighted by Gasteiger charge is -2.35. The number of carbonyl (C=O) groups excluding carboxylic acids is 2. The van der Waals surface area contributed by atoms with E-state index in [1.54, 1.807) is 0 Å². The molecule has 1 saturated heterocycles. The highest BCUT2D eigenvalue weighted by atomic mass is 127. The van der Waals surface area contributed by atoms with Crippen molar-refractivity contribution in [3.8, 4) is 0 Å². The molecule has 0 aliphatic carbocycles. The van der Waals surface area contributed by atoms with Gasteiger partial charge in [0.2, 0.25) is 5.91 Å². The fourth-order valence-electron chi connectivity index (χ4n) is 4.69. The van der Waals surface area contributed by atoms with Crippen molar-refractivity contribution in [1.29, 1.82) is 0 Å². The Labute approximate surface area is 277 Å². The Hall–Kier alpha value is -3.37. The van der Waals surface area contributed by atoms with Gasteiger partial charge in [0, 0.05) is 47.8 Å². The minimum atomic E-state index is -1.19. The zero-order valence-corrected chi connectivity index (χ0v) is 28.9. The summed E-state index contributed by atoms with van der Waals surface area (Å²) in [6.45, 7) is 7.81. The molecule has 1 fully saturated rings. The number of aromatic nitrogens is 3. The molecule has 0 saturated carbocycles. The first-order valence-electron chi connectivity index (χ1n) is 14.2. The predicted octanol–water partition coefficient (Wildman–Crippen LogP) is -0.0161. The summed E-state index contributed by atoms with van der Waals surface area (Å²) in [5.74, 6) is -1.32. The molecule has 1 aliphatic rings. The molecule has 0 spiro atoms. The number of carboxylic acid groups (broad SMARTS) is 1. The Morgan fingerprint density at radius 2 is 1.93 bits per heavy atom. The molecule has 3 aromatic heterocycles. The molecule has 14 heteroatoms. The Bertz CT molecular complexity index is 1620. The number of amides is 2. The van der Waals surface area contributed by atoms with Crippen LogP contribution in [-0.4, -0.2) is 88.6 Å². The van der Waals surface area contributed by atoms with Crippen LogP contribution in [0.3, 0.4) is 0 Å². The summed E-state index contributed by atoms with van der Waals surface area (Å²) in [6, 6.07) is 2.88. The zero-order chi connectivity index (χ0) is 31.5. The van der Waals surface area contributed by atoms with E-state index in [1.165, 1.54) is 40.1 Å². The lowest BCUT2D eigenvalue weighted by Crippen LogP contribution is -3.00. The molecule has 3 aromatic rings. The van der Waals surface area contributed by atoms with Crippen molar-refractivity contribution in [3.63, 3.8) is 0 Å². The first-order valence-corrected chi connectivity index (χ1v) is 15.1. The molecule has 238 valence electrons. The molecule has 0 bridgehead atoms. The van der Waals surface area contributed by atoms with E-state index in [0.29, 0.717) is 47.1 Å². The van der Waals surface area contributed by atoms with Gasteiger partial charge < -0.3 is 43.8 Å². The number of quaternary nitrogens is 1. The van der Waals surface area contributed by atoms with Crippen LogP contribution in [0.5, 0.6) is 0 Å². The van der Waals surface area contributed by atoms with Crippen molar-refractivity contribution in [1.82, 2.24) is 19.7 Å². The second-order valence-electron chi connectivity index (χ2n) is 12.8. The summed E-state index contributed by atoms with van der Waals surface area (Å²) in [4.78, 5) is 61.8. The molecule has 0 aromatic carbocycles. The summed E-state index contributed by atoms with van der Waals surface area (Å²) in [7, 11) is 6.09. The number of fused-ring (bicyclic) bond motifs is 1. The van der Waals surface area contributed by atoms with Crippen LogP contribution in [0, 0.1) is 0 Å². The third-order valence-corrected chi connectivity index (χ3v) is 7.85. The Morgan fingerprint density at radius 1 is 1.20 bits per heavy atom. The van der Waals surface area contributed by atoms with Crippen LogP contribution in [0.25, 0.3) is 11.7 Å². The van der Waals surface area contributed by atoms with Crippen LogP contribution >= 0.6 is 11.3 Å².